The lowest BCUT2D eigenvalue weighted by molar-refractivity contribution is -0.133. The number of hydrogen-bond acceptors (Lipinski definition) is 3. The van der Waals surface area contributed by atoms with Crippen molar-refractivity contribution in [3.8, 4) is 5.69 Å². The van der Waals surface area contributed by atoms with Gasteiger partial charge in [-0.3, -0.25) is 9.59 Å². The summed E-state index contributed by atoms with van der Waals surface area (Å²) in [6.45, 7) is 5.29. The van der Waals surface area contributed by atoms with Crippen LogP contribution in [0.15, 0.2) is 54.7 Å². The highest BCUT2D eigenvalue weighted by atomic mass is 16.2. The van der Waals surface area contributed by atoms with Crippen molar-refractivity contribution in [3.05, 3.63) is 77.1 Å². The van der Waals surface area contributed by atoms with Gasteiger partial charge >= 0.3 is 0 Å². The maximum Gasteiger partial charge on any atom is 0.259 e. The summed E-state index contributed by atoms with van der Waals surface area (Å²) in [5.74, 6) is 0.00784. The van der Waals surface area contributed by atoms with E-state index >= 15 is 0 Å². The van der Waals surface area contributed by atoms with Gasteiger partial charge in [0.05, 0.1) is 23.1 Å². The van der Waals surface area contributed by atoms with E-state index in [1.807, 2.05) is 67.3 Å². The fourth-order valence-electron chi connectivity index (χ4n) is 3.87. The summed E-state index contributed by atoms with van der Waals surface area (Å²) in [5.41, 5.74) is 5.10. The van der Waals surface area contributed by atoms with Gasteiger partial charge < -0.3 is 10.2 Å². The maximum absolute atomic E-state index is 12.9. The van der Waals surface area contributed by atoms with Crippen molar-refractivity contribution in [1.29, 1.82) is 0 Å². The molecule has 2 aromatic carbocycles. The van der Waals surface area contributed by atoms with E-state index in [1.165, 1.54) is 0 Å². The zero-order chi connectivity index (χ0) is 21.1. The lowest BCUT2D eigenvalue weighted by Gasteiger charge is -2.26. The van der Waals surface area contributed by atoms with E-state index in [1.54, 1.807) is 10.9 Å². The summed E-state index contributed by atoms with van der Waals surface area (Å²) in [6.07, 6.45) is 4.25. The van der Waals surface area contributed by atoms with Crippen LogP contribution in [-0.2, 0) is 11.3 Å². The van der Waals surface area contributed by atoms with Gasteiger partial charge in [-0.25, -0.2) is 4.68 Å². The third-order valence-electron chi connectivity index (χ3n) is 5.58. The monoisotopic (exact) mass is 402 g/mol. The fourth-order valence-corrected chi connectivity index (χ4v) is 3.87. The highest BCUT2D eigenvalue weighted by molar-refractivity contribution is 6.05. The van der Waals surface area contributed by atoms with Gasteiger partial charge in [-0.2, -0.15) is 5.10 Å². The van der Waals surface area contributed by atoms with Crippen molar-refractivity contribution >= 4 is 17.5 Å². The average molecular weight is 402 g/mol. The molecule has 2 heterocycles. The summed E-state index contributed by atoms with van der Waals surface area (Å²) >= 11 is 0. The Hall–Kier alpha value is -3.41. The van der Waals surface area contributed by atoms with Gasteiger partial charge in [0.1, 0.15) is 0 Å². The standard InChI is InChI=1S/C24H26N4O2/c1-17-8-3-4-11-22(17)28-18(2)21(15-25-28)24(30)26-20-10-7-9-19(14-20)16-27-13-6-5-12-23(27)29/h3-4,7-11,14-15H,5-6,12-13,16H2,1-2H3,(H,26,30). The topological polar surface area (TPSA) is 67.2 Å². The third-order valence-corrected chi connectivity index (χ3v) is 5.58. The summed E-state index contributed by atoms with van der Waals surface area (Å²) < 4.78 is 1.79. The predicted octanol–water partition coefficient (Wildman–Crippen LogP) is 4.25. The van der Waals surface area contributed by atoms with Crippen LogP contribution in [0.4, 0.5) is 5.69 Å². The highest BCUT2D eigenvalue weighted by Gasteiger charge is 2.19. The number of anilines is 1. The zero-order valence-electron chi connectivity index (χ0n) is 17.4. The lowest BCUT2D eigenvalue weighted by Crippen LogP contribution is -2.34. The van der Waals surface area contributed by atoms with Crippen LogP contribution in [0.2, 0.25) is 0 Å². The van der Waals surface area contributed by atoms with Gasteiger partial charge in [-0.15, -0.1) is 0 Å². The van der Waals surface area contributed by atoms with Crippen molar-refractivity contribution < 1.29 is 9.59 Å². The van der Waals surface area contributed by atoms with Crippen molar-refractivity contribution in [1.82, 2.24) is 14.7 Å². The van der Waals surface area contributed by atoms with E-state index in [-0.39, 0.29) is 11.8 Å². The molecule has 1 aliphatic heterocycles. The first-order chi connectivity index (χ1) is 14.5. The number of piperidine rings is 1. The molecule has 0 bridgehead atoms. The van der Waals surface area contributed by atoms with Crippen LogP contribution in [0.5, 0.6) is 0 Å². The first-order valence-corrected chi connectivity index (χ1v) is 10.3. The maximum atomic E-state index is 12.9. The number of rotatable bonds is 5. The summed E-state index contributed by atoms with van der Waals surface area (Å²) in [4.78, 5) is 26.9. The quantitative estimate of drug-likeness (QED) is 0.694. The van der Waals surface area contributed by atoms with Crippen molar-refractivity contribution in [2.75, 3.05) is 11.9 Å². The Labute approximate surface area is 176 Å². The minimum Gasteiger partial charge on any atom is -0.338 e. The first kappa shape index (κ1) is 19.9. The Balaban J connectivity index is 1.49. The molecule has 1 fully saturated rings. The van der Waals surface area contributed by atoms with Gasteiger partial charge in [0.2, 0.25) is 5.91 Å². The normalized spacial score (nSPS) is 14.1. The van der Waals surface area contributed by atoms with Crippen molar-refractivity contribution in [3.63, 3.8) is 0 Å². The zero-order valence-corrected chi connectivity index (χ0v) is 17.4. The molecule has 1 saturated heterocycles. The smallest absolute Gasteiger partial charge is 0.259 e. The van der Waals surface area contributed by atoms with E-state index in [9.17, 15) is 9.59 Å². The number of amides is 2. The molecule has 1 aliphatic rings. The number of nitrogens with one attached hydrogen (secondary N) is 1. The number of aryl methyl sites for hydroxylation is 1. The highest BCUT2D eigenvalue weighted by Crippen LogP contribution is 2.20. The van der Waals surface area contributed by atoms with E-state index in [0.717, 1.165) is 41.9 Å². The molecule has 3 aromatic rings. The number of para-hydroxylation sites is 1. The number of nitrogens with zero attached hydrogens (tertiary/aromatic N) is 3. The van der Waals surface area contributed by atoms with Gasteiger partial charge in [-0.1, -0.05) is 30.3 Å². The number of carbonyl (C=O) groups excluding carboxylic acids is 2. The van der Waals surface area contributed by atoms with Crippen LogP contribution < -0.4 is 5.32 Å². The molecule has 0 saturated carbocycles. The molecule has 30 heavy (non-hydrogen) atoms. The van der Waals surface area contributed by atoms with Crippen LogP contribution in [-0.4, -0.2) is 33.0 Å². The lowest BCUT2D eigenvalue weighted by atomic mass is 10.1. The number of aromatic nitrogens is 2. The molecular weight excluding hydrogens is 376 g/mol. The summed E-state index contributed by atoms with van der Waals surface area (Å²) in [5, 5.41) is 7.40. The SMILES string of the molecule is Cc1ccccc1-n1ncc(C(=O)Nc2cccc(CN3CCCCC3=O)c2)c1C. The van der Waals surface area contributed by atoms with Gasteiger partial charge in [0.15, 0.2) is 0 Å². The van der Waals surface area contributed by atoms with E-state index in [2.05, 4.69) is 10.4 Å². The first-order valence-electron chi connectivity index (χ1n) is 10.3. The second-order valence-corrected chi connectivity index (χ2v) is 7.77. The number of likely N-dealkylation sites (tertiary alicyclic amines) is 1. The number of benzene rings is 2. The fraction of sp³-hybridized carbons (Fsp3) is 0.292. The van der Waals surface area contributed by atoms with E-state index in [0.29, 0.717) is 24.2 Å². The average Bonchev–Trinajstić information content (AvgIpc) is 3.12. The molecule has 0 unspecified atom stereocenters. The molecular formula is C24H26N4O2. The Bertz CT molecular complexity index is 1090. The van der Waals surface area contributed by atoms with Crippen LogP contribution >= 0.6 is 0 Å². The Morgan fingerprint density at radius 2 is 1.93 bits per heavy atom. The van der Waals surface area contributed by atoms with Crippen LogP contribution in [0, 0.1) is 13.8 Å². The third kappa shape index (κ3) is 4.13. The molecule has 154 valence electrons. The summed E-state index contributed by atoms with van der Waals surface area (Å²) in [6, 6.07) is 15.6. The Morgan fingerprint density at radius 1 is 1.10 bits per heavy atom. The molecule has 0 spiro atoms. The minimum absolute atomic E-state index is 0.196. The van der Waals surface area contributed by atoms with E-state index in [4.69, 9.17) is 0 Å². The molecule has 2 amide bonds. The number of carbonyl (C=O) groups is 2. The minimum atomic E-state index is -0.196. The molecule has 4 rings (SSSR count). The molecule has 0 atom stereocenters. The molecule has 6 nitrogen and oxygen atoms in total. The molecule has 6 heteroatoms. The van der Waals surface area contributed by atoms with Crippen LogP contribution in [0.1, 0.15) is 46.4 Å². The van der Waals surface area contributed by atoms with Gasteiger partial charge in [-0.05, 0) is 56.0 Å². The van der Waals surface area contributed by atoms with E-state index < -0.39 is 0 Å². The van der Waals surface area contributed by atoms with Gasteiger partial charge in [0.25, 0.3) is 5.91 Å². The predicted molar refractivity (Wildman–Crippen MR) is 117 cm³/mol. The van der Waals surface area contributed by atoms with Gasteiger partial charge in [0, 0.05) is 25.2 Å². The Morgan fingerprint density at radius 3 is 2.73 bits per heavy atom. The number of hydrogen-bond donors (Lipinski definition) is 1. The molecule has 1 aromatic heterocycles. The second kappa shape index (κ2) is 8.53. The molecule has 1 N–H and O–H groups in total. The molecule has 0 aliphatic carbocycles. The van der Waals surface area contributed by atoms with Crippen molar-refractivity contribution in [2.24, 2.45) is 0 Å². The largest absolute Gasteiger partial charge is 0.338 e. The molecule has 0 radical (unpaired) electrons. The van der Waals surface area contributed by atoms with Crippen LogP contribution in [0.3, 0.4) is 0 Å². The summed E-state index contributed by atoms with van der Waals surface area (Å²) in [7, 11) is 0. The Kier molecular flexibility index (Phi) is 5.65. The van der Waals surface area contributed by atoms with Crippen molar-refractivity contribution in [2.45, 2.75) is 39.7 Å². The second-order valence-electron chi connectivity index (χ2n) is 7.77. The van der Waals surface area contributed by atoms with Crippen LogP contribution in [0.25, 0.3) is 5.69 Å².